The maximum absolute atomic E-state index is 13.7. The van der Waals surface area contributed by atoms with E-state index in [1.165, 1.54) is 11.3 Å². The lowest BCUT2D eigenvalue weighted by atomic mass is 9.96. The summed E-state index contributed by atoms with van der Waals surface area (Å²) in [6.45, 7) is 7.84. The normalized spacial score (nSPS) is 15.4. The van der Waals surface area contributed by atoms with E-state index >= 15 is 0 Å². The standard InChI is InChI=1S/C26H21ClI2N2O4S/c1-4-10-35-23-18(28)11-15(12-19(23)29)13-20-24(32)31-22(16-6-8-17(27)9-7-16)21(25(33)34-5-2)14(3)30-26(31)36-20/h4,6-9,11-13,22H,1,5,10H2,2-3H3. The summed E-state index contributed by atoms with van der Waals surface area (Å²) in [4.78, 5) is 31.8. The fourth-order valence-electron chi connectivity index (χ4n) is 3.85. The smallest absolute Gasteiger partial charge is 0.338 e. The molecule has 1 unspecified atom stereocenters. The molecule has 0 N–H and O–H groups in total. The molecular formula is C26H21ClI2N2O4S. The average molecular weight is 747 g/mol. The largest absolute Gasteiger partial charge is 0.487 e. The van der Waals surface area contributed by atoms with Gasteiger partial charge in [-0.1, -0.05) is 47.7 Å². The molecule has 6 nitrogen and oxygen atoms in total. The van der Waals surface area contributed by atoms with Crippen LogP contribution in [0.4, 0.5) is 0 Å². The van der Waals surface area contributed by atoms with Gasteiger partial charge in [0.25, 0.3) is 5.56 Å². The maximum Gasteiger partial charge on any atom is 0.338 e. The zero-order chi connectivity index (χ0) is 26.0. The van der Waals surface area contributed by atoms with Crippen LogP contribution in [0.15, 0.2) is 70.1 Å². The van der Waals surface area contributed by atoms with Crippen LogP contribution in [0, 0.1) is 7.14 Å². The number of fused-ring (bicyclic) bond motifs is 1. The highest BCUT2D eigenvalue weighted by Gasteiger charge is 2.33. The molecule has 1 aliphatic heterocycles. The molecule has 3 aromatic rings. The van der Waals surface area contributed by atoms with Crippen molar-refractivity contribution in [3.05, 3.63) is 103 Å². The van der Waals surface area contributed by atoms with Crippen LogP contribution in [-0.2, 0) is 9.53 Å². The molecule has 0 fully saturated rings. The van der Waals surface area contributed by atoms with Gasteiger partial charge in [-0.15, -0.1) is 0 Å². The molecule has 36 heavy (non-hydrogen) atoms. The van der Waals surface area contributed by atoms with Gasteiger partial charge in [-0.2, -0.15) is 0 Å². The topological polar surface area (TPSA) is 69.9 Å². The molecule has 0 spiro atoms. The van der Waals surface area contributed by atoms with Gasteiger partial charge in [0.15, 0.2) is 4.80 Å². The van der Waals surface area contributed by atoms with E-state index in [4.69, 9.17) is 21.1 Å². The molecule has 4 rings (SSSR count). The van der Waals surface area contributed by atoms with Gasteiger partial charge in [-0.25, -0.2) is 9.79 Å². The third kappa shape index (κ3) is 5.48. The summed E-state index contributed by atoms with van der Waals surface area (Å²) in [6, 6.07) is 10.4. The molecule has 186 valence electrons. The first-order chi connectivity index (χ1) is 17.2. The highest BCUT2D eigenvalue weighted by molar-refractivity contribution is 14.1. The molecular weight excluding hydrogens is 726 g/mol. The van der Waals surface area contributed by atoms with Gasteiger partial charge >= 0.3 is 5.97 Å². The van der Waals surface area contributed by atoms with Crippen molar-refractivity contribution in [1.82, 2.24) is 4.57 Å². The number of carbonyl (C=O) groups is 1. The summed E-state index contributed by atoms with van der Waals surface area (Å²) in [7, 11) is 0. The molecule has 0 bridgehead atoms. The predicted molar refractivity (Wildman–Crippen MR) is 159 cm³/mol. The van der Waals surface area contributed by atoms with E-state index in [9.17, 15) is 9.59 Å². The number of carbonyl (C=O) groups excluding carboxylic acids is 1. The van der Waals surface area contributed by atoms with Crippen LogP contribution in [-0.4, -0.2) is 23.8 Å². The SMILES string of the molecule is C=CCOc1c(I)cc(C=c2sc3n(c2=O)C(c2ccc(Cl)cc2)C(C(=O)OCC)=C(C)N=3)cc1I. The minimum Gasteiger partial charge on any atom is -0.487 e. The summed E-state index contributed by atoms with van der Waals surface area (Å²) >= 11 is 11.8. The number of esters is 1. The van der Waals surface area contributed by atoms with Crippen LogP contribution < -0.4 is 19.6 Å². The number of allylic oxidation sites excluding steroid dienone is 1. The Hall–Kier alpha value is -1.96. The Morgan fingerprint density at radius 1 is 1.25 bits per heavy atom. The Bertz CT molecular complexity index is 1530. The second-order valence-electron chi connectivity index (χ2n) is 7.77. The van der Waals surface area contributed by atoms with Gasteiger partial charge in [0.1, 0.15) is 12.4 Å². The van der Waals surface area contributed by atoms with E-state index in [0.717, 1.165) is 24.0 Å². The Kier molecular flexibility index (Phi) is 8.74. The average Bonchev–Trinajstić information content (AvgIpc) is 3.12. The second kappa shape index (κ2) is 11.6. The minimum atomic E-state index is -0.672. The van der Waals surface area contributed by atoms with Crippen molar-refractivity contribution in [2.45, 2.75) is 19.9 Å². The molecule has 1 aromatic heterocycles. The van der Waals surface area contributed by atoms with E-state index in [2.05, 4.69) is 56.8 Å². The summed E-state index contributed by atoms with van der Waals surface area (Å²) in [5.41, 5.74) is 2.24. The summed E-state index contributed by atoms with van der Waals surface area (Å²) in [5.74, 6) is 0.291. The summed E-state index contributed by atoms with van der Waals surface area (Å²) < 4.78 is 15.0. The number of hydrogen-bond acceptors (Lipinski definition) is 6. The van der Waals surface area contributed by atoms with Crippen LogP contribution in [0.1, 0.15) is 31.0 Å². The maximum atomic E-state index is 13.7. The monoisotopic (exact) mass is 746 g/mol. The zero-order valence-corrected chi connectivity index (χ0v) is 25.3. The van der Waals surface area contributed by atoms with Crippen molar-refractivity contribution in [1.29, 1.82) is 0 Å². The molecule has 2 heterocycles. The van der Waals surface area contributed by atoms with Gasteiger partial charge in [0.2, 0.25) is 0 Å². The molecule has 0 amide bonds. The Labute approximate surface area is 244 Å². The number of halogens is 3. The molecule has 10 heteroatoms. The van der Waals surface area contributed by atoms with Crippen molar-refractivity contribution in [3.8, 4) is 5.75 Å². The lowest BCUT2D eigenvalue weighted by Crippen LogP contribution is -2.39. The Balaban J connectivity index is 1.89. The van der Waals surface area contributed by atoms with E-state index in [0.29, 0.717) is 32.2 Å². The van der Waals surface area contributed by atoms with Crippen molar-refractivity contribution in [2.24, 2.45) is 4.99 Å². The third-order valence-corrected chi connectivity index (χ3v) is 8.20. The first kappa shape index (κ1) is 27.1. The van der Waals surface area contributed by atoms with Gasteiger partial charge < -0.3 is 9.47 Å². The summed E-state index contributed by atoms with van der Waals surface area (Å²) in [5, 5.41) is 0.564. The quantitative estimate of drug-likeness (QED) is 0.189. The van der Waals surface area contributed by atoms with Crippen molar-refractivity contribution in [3.63, 3.8) is 0 Å². The van der Waals surface area contributed by atoms with E-state index in [1.54, 1.807) is 36.6 Å². The Morgan fingerprint density at radius 2 is 1.92 bits per heavy atom. The molecule has 0 radical (unpaired) electrons. The van der Waals surface area contributed by atoms with Gasteiger partial charge in [-0.05, 0) is 100 Å². The Morgan fingerprint density at radius 3 is 2.53 bits per heavy atom. The number of nitrogens with zero attached hydrogens (tertiary/aromatic N) is 2. The lowest BCUT2D eigenvalue weighted by molar-refractivity contribution is -0.139. The molecule has 1 aliphatic rings. The first-order valence-electron chi connectivity index (χ1n) is 10.9. The van der Waals surface area contributed by atoms with E-state index in [-0.39, 0.29) is 12.2 Å². The third-order valence-electron chi connectivity index (χ3n) is 5.37. The number of thiazole rings is 1. The van der Waals surface area contributed by atoms with Crippen LogP contribution >= 0.6 is 68.1 Å². The van der Waals surface area contributed by atoms with Crippen molar-refractivity contribution >= 4 is 80.2 Å². The zero-order valence-electron chi connectivity index (χ0n) is 19.4. The van der Waals surface area contributed by atoms with E-state index in [1.807, 2.05) is 30.3 Å². The van der Waals surface area contributed by atoms with E-state index < -0.39 is 12.0 Å². The van der Waals surface area contributed by atoms with Gasteiger partial charge in [0.05, 0.1) is 35.6 Å². The summed E-state index contributed by atoms with van der Waals surface area (Å²) in [6.07, 6.45) is 3.54. The van der Waals surface area contributed by atoms with Gasteiger partial charge in [0, 0.05) is 5.02 Å². The number of benzene rings is 2. The van der Waals surface area contributed by atoms with Crippen molar-refractivity contribution < 1.29 is 14.3 Å². The van der Waals surface area contributed by atoms with Crippen LogP contribution in [0.3, 0.4) is 0 Å². The molecule has 1 atom stereocenters. The highest BCUT2D eigenvalue weighted by atomic mass is 127. The minimum absolute atomic E-state index is 0.219. The molecule has 2 aromatic carbocycles. The molecule has 0 saturated heterocycles. The van der Waals surface area contributed by atoms with Gasteiger partial charge in [-0.3, -0.25) is 9.36 Å². The number of hydrogen-bond donors (Lipinski definition) is 0. The lowest BCUT2D eigenvalue weighted by Gasteiger charge is -2.24. The van der Waals surface area contributed by atoms with Crippen LogP contribution in [0.2, 0.25) is 5.02 Å². The predicted octanol–water partition coefficient (Wildman–Crippen LogP) is 5.23. The van der Waals surface area contributed by atoms with Crippen LogP contribution in [0.25, 0.3) is 6.08 Å². The van der Waals surface area contributed by atoms with Crippen LogP contribution in [0.5, 0.6) is 5.75 Å². The molecule has 0 aliphatic carbocycles. The van der Waals surface area contributed by atoms with Crippen molar-refractivity contribution in [2.75, 3.05) is 13.2 Å². The fourth-order valence-corrected chi connectivity index (χ4v) is 7.15. The molecule has 0 saturated carbocycles. The number of aromatic nitrogens is 1. The first-order valence-corrected chi connectivity index (χ1v) is 14.3. The highest BCUT2D eigenvalue weighted by Crippen LogP contribution is 2.32. The second-order valence-corrected chi connectivity index (χ2v) is 11.5. The number of ether oxygens (including phenoxy) is 2. The fraction of sp³-hybridized carbons (Fsp3) is 0.192. The number of rotatable bonds is 7.